The van der Waals surface area contributed by atoms with Gasteiger partial charge in [0.2, 0.25) is 11.9 Å². The smallest absolute Gasteiger partial charge is 0.247 e. The van der Waals surface area contributed by atoms with Crippen molar-refractivity contribution in [3.05, 3.63) is 54.5 Å². The maximum atomic E-state index is 9.21. The molecule has 0 spiro atoms. The van der Waals surface area contributed by atoms with Crippen molar-refractivity contribution in [1.29, 1.82) is 5.26 Å². The van der Waals surface area contributed by atoms with Gasteiger partial charge in [-0.2, -0.15) is 15.3 Å². The number of para-hydroxylation sites is 1. The Hall–Kier alpha value is -3.80. The number of benzene rings is 1. The molecule has 1 aliphatic rings. The molecule has 9 heteroatoms. The first-order valence-electron chi connectivity index (χ1n) is 8.56. The summed E-state index contributed by atoms with van der Waals surface area (Å²) in [5.41, 5.74) is 1.24. The standard InChI is InChI=1S/C18H17N9/c19-12-14-4-1-2-5-15(14)23-16-13-22-25-18(24-16)27-10-8-26(9-11-27)17-20-6-3-7-21-17/h1-7,13H,8-11H2,(H,23,24,25). The second-order valence-electron chi connectivity index (χ2n) is 5.95. The van der Waals surface area contributed by atoms with E-state index in [4.69, 9.17) is 0 Å². The van der Waals surface area contributed by atoms with E-state index in [2.05, 4.69) is 46.3 Å². The monoisotopic (exact) mass is 359 g/mol. The van der Waals surface area contributed by atoms with Gasteiger partial charge in [-0.05, 0) is 18.2 Å². The van der Waals surface area contributed by atoms with Crippen LogP contribution in [0, 0.1) is 11.3 Å². The summed E-state index contributed by atoms with van der Waals surface area (Å²) < 4.78 is 0. The summed E-state index contributed by atoms with van der Waals surface area (Å²) in [6, 6.07) is 11.2. The minimum absolute atomic E-state index is 0.550. The van der Waals surface area contributed by atoms with E-state index in [9.17, 15) is 5.26 Å². The van der Waals surface area contributed by atoms with E-state index in [0.29, 0.717) is 23.0 Å². The molecule has 0 radical (unpaired) electrons. The first-order valence-corrected chi connectivity index (χ1v) is 8.56. The number of aromatic nitrogens is 5. The number of hydrogen-bond acceptors (Lipinski definition) is 9. The highest BCUT2D eigenvalue weighted by atomic mass is 15.4. The summed E-state index contributed by atoms with van der Waals surface area (Å²) in [5, 5.41) is 20.6. The number of anilines is 4. The van der Waals surface area contributed by atoms with Gasteiger partial charge in [-0.1, -0.05) is 12.1 Å². The minimum atomic E-state index is 0.550. The molecular weight excluding hydrogens is 342 g/mol. The first kappa shape index (κ1) is 16.7. The molecule has 1 N–H and O–H groups in total. The number of nitrogens with zero attached hydrogens (tertiary/aromatic N) is 8. The lowest BCUT2D eigenvalue weighted by Gasteiger charge is -2.34. The summed E-state index contributed by atoms with van der Waals surface area (Å²) >= 11 is 0. The number of nitriles is 1. The largest absolute Gasteiger partial charge is 0.338 e. The van der Waals surface area contributed by atoms with Gasteiger partial charge in [-0.25, -0.2) is 9.97 Å². The van der Waals surface area contributed by atoms with Gasteiger partial charge in [0.05, 0.1) is 17.4 Å². The first-order chi connectivity index (χ1) is 13.3. The molecule has 9 nitrogen and oxygen atoms in total. The fourth-order valence-corrected chi connectivity index (χ4v) is 2.88. The van der Waals surface area contributed by atoms with E-state index in [0.717, 1.165) is 32.1 Å². The van der Waals surface area contributed by atoms with Crippen LogP contribution in [0.5, 0.6) is 0 Å². The average Bonchev–Trinajstić information content (AvgIpc) is 2.75. The highest BCUT2D eigenvalue weighted by molar-refractivity contribution is 5.64. The molecule has 0 aliphatic carbocycles. The number of rotatable bonds is 4. The molecule has 2 aromatic heterocycles. The van der Waals surface area contributed by atoms with Gasteiger partial charge >= 0.3 is 0 Å². The number of hydrogen-bond donors (Lipinski definition) is 1. The Morgan fingerprint density at radius 2 is 1.63 bits per heavy atom. The van der Waals surface area contributed by atoms with E-state index in [1.807, 2.05) is 24.3 Å². The third kappa shape index (κ3) is 3.74. The molecule has 0 bridgehead atoms. The van der Waals surface area contributed by atoms with Crippen molar-refractivity contribution in [2.45, 2.75) is 0 Å². The van der Waals surface area contributed by atoms with Gasteiger partial charge in [0.25, 0.3) is 0 Å². The van der Waals surface area contributed by atoms with Crippen LogP contribution in [0.2, 0.25) is 0 Å². The van der Waals surface area contributed by atoms with Gasteiger partial charge in [0, 0.05) is 38.6 Å². The highest BCUT2D eigenvalue weighted by Gasteiger charge is 2.21. The highest BCUT2D eigenvalue weighted by Crippen LogP contribution is 2.20. The Labute approximate surface area is 156 Å². The van der Waals surface area contributed by atoms with Gasteiger partial charge in [-0.15, -0.1) is 5.10 Å². The molecule has 1 saturated heterocycles. The molecule has 0 unspecified atom stereocenters. The fourth-order valence-electron chi connectivity index (χ4n) is 2.88. The van der Waals surface area contributed by atoms with Crippen LogP contribution in [0.25, 0.3) is 0 Å². The Kier molecular flexibility index (Phi) is 4.70. The molecule has 4 rings (SSSR count). The van der Waals surface area contributed by atoms with Crippen molar-refractivity contribution in [3.8, 4) is 6.07 Å². The zero-order chi connectivity index (χ0) is 18.5. The van der Waals surface area contributed by atoms with E-state index in [-0.39, 0.29) is 0 Å². The van der Waals surface area contributed by atoms with Crippen molar-refractivity contribution >= 4 is 23.4 Å². The minimum Gasteiger partial charge on any atom is -0.338 e. The van der Waals surface area contributed by atoms with E-state index >= 15 is 0 Å². The molecule has 1 aliphatic heterocycles. The Balaban J connectivity index is 1.45. The molecule has 1 fully saturated rings. The number of nitrogens with one attached hydrogen (secondary N) is 1. The predicted octanol–water partition coefficient (Wildman–Crippen LogP) is 1.60. The molecule has 3 heterocycles. The summed E-state index contributed by atoms with van der Waals surface area (Å²) in [6.45, 7) is 3.06. The van der Waals surface area contributed by atoms with E-state index in [1.165, 1.54) is 0 Å². The van der Waals surface area contributed by atoms with Crippen LogP contribution < -0.4 is 15.1 Å². The third-order valence-corrected chi connectivity index (χ3v) is 4.26. The predicted molar refractivity (Wildman–Crippen MR) is 101 cm³/mol. The molecule has 1 aromatic carbocycles. The summed E-state index contributed by atoms with van der Waals surface area (Å²) in [4.78, 5) is 17.3. The van der Waals surface area contributed by atoms with Crippen molar-refractivity contribution < 1.29 is 0 Å². The van der Waals surface area contributed by atoms with Gasteiger partial charge in [-0.3, -0.25) is 0 Å². The van der Waals surface area contributed by atoms with Gasteiger partial charge in [0.15, 0.2) is 5.82 Å². The average molecular weight is 359 g/mol. The van der Waals surface area contributed by atoms with Gasteiger partial charge < -0.3 is 15.1 Å². The molecule has 134 valence electrons. The molecule has 0 atom stereocenters. The molecule has 27 heavy (non-hydrogen) atoms. The van der Waals surface area contributed by atoms with Crippen LogP contribution in [0.3, 0.4) is 0 Å². The summed E-state index contributed by atoms with van der Waals surface area (Å²) in [5.74, 6) is 1.85. The van der Waals surface area contributed by atoms with Crippen molar-refractivity contribution in [2.24, 2.45) is 0 Å². The Morgan fingerprint density at radius 1 is 0.926 bits per heavy atom. The quantitative estimate of drug-likeness (QED) is 0.743. The molecule has 0 saturated carbocycles. The summed E-state index contributed by atoms with van der Waals surface area (Å²) in [6.07, 6.45) is 5.04. The zero-order valence-corrected chi connectivity index (χ0v) is 14.5. The fraction of sp³-hybridized carbons (Fsp3) is 0.222. The van der Waals surface area contributed by atoms with Crippen LogP contribution in [0.1, 0.15) is 5.56 Å². The summed E-state index contributed by atoms with van der Waals surface area (Å²) in [7, 11) is 0. The maximum Gasteiger partial charge on any atom is 0.247 e. The van der Waals surface area contributed by atoms with Crippen molar-refractivity contribution in [2.75, 3.05) is 41.3 Å². The second-order valence-corrected chi connectivity index (χ2v) is 5.95. The topological polar surface area (TPSA) is 107 Å². The van der Waals surface area contributed by atoms with E-state index < -0.39 is 0 Å². The van der Waals surface area contributed by atoms with Crippen LogP contribution in [0.15, 0.2) is 48.9 Å². The van der Waals surface area contributed by atoms with Crippen LogP contribution in [-0.4, -0.2) is 51.3 Å². The van der Waals surface area contributed by atoms with Crippen LogP contribution in [0.4, 0.5) is 23.4 Å². The van der Waals surface area contributed by atoms with Crippen LogP contribution >= 0.6 is 0 Å². The van der Waals surface area contributed by atoms with Crippen molar-refractivity contribution in [3.63, 3.8) is 0 Å². The lowest BCUT2D eigenvalue weighted by Crippen LogP contribution is -2.47. The number of piperazine rings is 1. The molecule has 3 aromatic rings. The SMILES string of the molecule is N#Cc1ccccc1Nc1cnnc(N2CCN(c3ncccn3)CC2)n1. The van der Waals surface area contributed by atoms with Crippen LogP contribution in [-0.2, 0) is 0 Å². The lowest BCUT2D eigenvalue weighted by atomic mass is 10.2. The Bertz CT molecular complexity index is 946. The second kappa shape index (κ2) is 7.61. The van der Waals surface area contributed by atoms with Crippen molar-refractivity contribution in [1.82, 2.24) is 25.1 Å². The maximum absolute atomic E-state index is 9.21. The zero-order valence-electron chi connectivity index (χ0n) is 14.5. The van der Waals surface area contributed by atoms with Gasteiger partial charge in [0.1, 0.15) is 6.07 Å². The van der Waals surface area contributed by atoms with E-state index in [1.54, 1.807) is 24.7 Å². The molecule has 0 amide bonds. The normalized spacial score (nSPS) is 13.9. The molecular formula is C18H17N9. The Morgan fingerprint density at radius 3 is 2.37 bits per heavy atom. The lowest BCUT2D eigenvalue weighted by molar-refractivity contribution is 0.624. The third-order valence-electron chi connectivity index (χ3n) is 4.26.